The zero-order chi connectivity index (χ0) is 13.8. The molecule has 0 atom stereocenters. The zero-order valence-corrected chi connectivity index (χ0v) is 11.1. The van der Waals surface area contributed by atoms with Gasteiger partial charge >= 0.3 is 5.82 Å². The molecule has 0 saturated carbocycles. The van der Waals surface area contributed by atoms with Crippen LogP contribution in [0.25, 0.3) is 0 Å². The number of nitro groups is 1. The van der Waals surface area contributed by atoms with Gasteiger partial charge in [-0.25, -0.2) is 4.98 Å². The summed E-state index contributed by atoms with van der Waals surface area (Å²) in [5.41, 5.74) is 0. The fraction of sp³-hybridized carbons (Fsp3) is 0.100. The topological polar surface area (TPSA) is 103 Å². The highest BCUT2D eigenvalue weighted by Gasteiger charge is 2.13. The van der Waals surface area contributed by atoms with Gasteiger partial charge in [-0.3, -0.25) is 4.79 Å². The first kappa shape index (κ1) is 13.1. The monoisotopic (exact) mass is 325 g/mol. The molecule has 98 valence electrons. The number of aromatic nitrogens is 3. The van der Waals surface area contributed by atoms with Crippen molar-refractivity contribution in [3.8, 4) is 0 Å². The van der Waals surface area contributed by atoms with Crippen LogP contribution in [-0.4, -0.2) is 25.6 Å². The maximum absolute atomic E-state index is 11.7. The summed E-state index contributed by atoms with van der Waals surface area (Å²) < 4.78 is 1.99. The number of carbonyl (C=O) groups excluding carboxylic acids is 1. The molecule has 0 aliphatic rings. The molecular weight excluding hydrogens is 318 g/mol. The van der Waals surface area contributed by atoms with Crippen LogP contribution >= 0.6 is 15.9 Å². The molecule has 19 heavy (non-hydrogen) atoms. The van der Waals surface area contributed by atoms with Gasteiger partial charge in [0.2, 0.25) is 5.91 Å². The Morgan fingerprint density at radius 1 is 1.47 bits per heavy atom. The lowest BCUT2D eigenvalue weighted by atomic mass is 10.4. The van der Waals surface area contributed by atoms with E-state index >= 15 is 0 Å². The van der Waals surface area contributed by atoms with Crippen LogP contribution in [0.1, 0.15) is 0 Å². The number of anilines is 1. The molecule has 2 rings (SSSR count). The summed E-state index contributed by atoms with van der Waals surface area (Å²) in [5.74, 6) is -0.266. The molecule has 0 unspecified atom stereocenters. The highest BCUT2D eigenvalue weighted by molar-refractivity contribution is 9.10. The van der Waals surface area contributed by atoms with Crippen LogP contribution in [0, 0.1) is 10.1 Å². The summed E-state index contributed by atoms with van der Waals surface area (Å²) in [6, 6.07) is 4.60. The van der Waals surface area contributed by atoms with Crippen LogP contribution in [0.15, 0.2) is 35.1 Å². The van der Waals surface area contributed by atoms with Crippen molar-refractivity contribution in [1.82, 2.24) is 14.8 Å². The number of nitrogens with zero attached hydrogens (tertiary/aromatic N) is 4. The van der Waals surface area contributed by atoms with E-state index < -0.39 is 4.92 Å². The van der Waals surface area contributed by atoms with E-state index in [1.807, 2.05) is 0 Å². The van der Waals surface area contributed by atoms with Gasteiger partial charge in [-0.05, 0) is 33.0 Å². The van der Waals surface area contributed by atoms with Crippen molar-refractivity contribution < 1.29 is 9.72 Å². The van der Waals surface area contributed by atoms with Crippen molar-refractivity contribution >= 4 is 33.5 Å². The SMILES string of the molecule is O=C(Cn1ccc([N+](=O)[O-])n1)Nc1ccc(Br)cn1. The van der Waals surface area contributed by atoms with Gasteiger partial charge in [-0.1, -0.05) is 0 Å². The Kier molecular flexibility index (Phi) is 3.85. The highest BCUT2D eigenvalue weighted by atomic mass is 79.9. The number of carbonyl (C=O) groups is 1. The Morgan fingerprint density at radius 3 is 2.84 bits per heavy atom. The van der Waals surface area contributed by atoms with Crippen molar-refractivity contribution in [1.29, 1.82) is 0 Å². The van der Waals surface area contributed by atoms with Crippen LogP contribution in [0.5, 0.6) is 0 Å². The Hall–Kier alpha value is -2.29. The average Bonchev–Trinajstić information content (AvgIpc) is 2.80. The molecular formula is C10H8BrN5O3. The van der Waals surface area contributed by atoms with E-state index in [1.54, 1.807) is 18.3 Å². The first-order valence-electron chi connectivity index (χ1n) is 5.14. The maximum atomic E-state index is 11.7. The second-order valence-electron chi connectivity index (χ2n) is 3.54. The van der Waals surface area contributed by atoms with Crippen molar-refractivity contribution in [3.05, 3.63) is 45.2 Å². The second kappa shape index (κ2) is 5.57. The van der Waals surface area contributed by atoms with E-state index in [9.17, 15) is 14.9 Å². The van der Waals surface area contributed by atoms with Gasteiger partial charge in [0.05, 0.1) is 17.4 Å². The van der Waals surface area contributed by atoms with Gasteiger partial charge in [0.15, 0.2) is 0 Å². The van der Waals surface area contributed by atoms with Crippen molar-refractivity contribution in [2.45, 2.75) is 6.54 Å². The Morgan fingerprint density at radius 2 is 2.26 bits per heavy atom. The van der Waals surface area contributed by atoms with E-state index in [0.29, 0.717) is 5.82 Å². The molecule has 2 aromatic heterocycles. The Bertz CT molecular complexity index is 610. The number of rotatable bonds is 4. The molecule has 9 heteroatoms. The van der Waals surface area contributed by atoms with Crippen molar-refractivity contribution in [2.75, 3.05) is 5.32 Å². The van der Waals surface area contributed by atoms with E-state index in [2.05, 4.69) is 31.3 Å². The van der Waals surface area contributed by atoms with Crippen LogP contribution in [0.4, 0.5) is 11.6 Å². The van der Waals surface area contributed by atoms with Gasteiger partial charge < -0.3 is 15.4 Å². The lowest BCUT2D eigenvalue weighted by molar-refractivity contribution is -0.389. The normalized spacial score (nSPS) is 10.2. The molecule has 1 N–H and O–H groups in total. The molecule has 2 aromatic rings. The summed E-state index contributed by atoms with van der Waals surface area (Å²) in [4.78, 5) is 25.4. The predicted molar refractivity (Wildman–Crippen MR) is 69.4 cm³/mol. The fourth-order valence-corrected chi connectivity index (χ4v) is 1.55. The molecule has 0 aliphatic carbocycles. The maximum Gasteiger partial charge on any atom is 0.389 e. The third kappa shape index (κ3) is 3.58. The summed E-state index contributed by atoms with van der Waals surface area (Å²) in [7, 11) is 0. The van der Waals surface area contributed by atoms with Gasteiger partial charge in [0.1, 0.15) is 12.4 Å². The first-order chi connectivity index (χ1) is 9.04. The van der Waals surface area contributed by atoms with Crippen LogP contribution < -0.4 is 5.32 Å². The zero-order valence-electron chi connectivity index (χ0n) is 9.49. The number of nitrogens with one attached hydrogen (secondary N) is 1. The van der Waals surface area contributed by atoms with Crippen molar-refractivity contribution in [2.24, 2.45) is 0 Å². The molecule has 0 radical (unpaired) electrons. The number of amides is 1. The predicted octanol–water partition coefficient (Wildman–Crippen LogP) is 1.59. The molecule has 2 heterocycles. The van der Waals surface area contributed by atoms with Crippen molar-refractivity contribution in [3.63, 3.8) is 0 Å². The lowest BCUT2D eigenvalue weighted by Gasteiger charge is -2.02. The van der Waals surface area contributed by atoms with E-state index in [4.69, 9.17) is 0 Å². The fourth-order valence-electron chi connectivity index (χ4n) is 1.32. The van der Waals surface area contributed by atoms with E-state index in [0.717, 1.165) is 4.47 Å². The largest absolute Gasteiger partial charge is 0.389 e. The number of hydrogen-bond acceptors (Lipinski definition) is 5. The molecule has 0 saturated heterocycles. The van der Waals surface area contributed by atoms with Gasteiger partial charge in [-0.15, -0.1) is 0 Å². The molecule has 1 amide bonds. The van der Waals surface area contributed by atoms with Crippen LogP contribution in [0.3, 0.4) is 0 Å². The number of halogens is 1. The van der Waals surface area contributed by atoms with Gasteiger partial charge in [0, 0.05) is 10.7 Å². The molecule has 8 nitrogen and oxygen atoms in total. The second-order valence-corrected chi connectivity index (χ2v) is 4.45. The lowest BCUT2D eigenvalue weighted by Crippen LogP contribution is -2.19. The third-order valence-corrected chi connectivity index (χ3v) is 2.58. The molecule has 0 bridgehead atoms. The number of pyridine rings is 1. The number of hydrogen-bond donors (Lipinski definition) is 1. The minimum atomic E-state index is -0.620. The molecule has 0 spiro atoms. The highest BCUT2D eigenvalue weighted by Crippen LogP contribution is 2.10. The minimum Gasteiger partial charge on any atom is -0.358 e. The summed E-state index contributed by atoms with van der Waals surface area (Å²) in [5, 5.41) is 16.6. The van der Waals surface area contributed by atoms with Gasteiger partial charge in [0.25, 0.3) is 0 Å². The average molecular weight is 326 g/mol. The van der Waals surface area contributed by atoms with Crippen LogP contribution in [0.2, 0.25) is 0 Å². The van der Waals surface area contributed by atoms with E-state index in [1.165, 1.54) is 16.9 Å². The molecule has 0 aromatic carbocycles. The minimum absolute atomic E-state index is 0.119. The molecule has 0 fully saturated rings. The summed E-state index contributed by atoms with van der Waals surface area (Å²) >= 11 is 3.23. The first-order valence-corrected chi connectivity index (χ1v) is 5.93. The Balaban J connectivity index is 1.97. The van der Waals surface area contributed by atoms with Crippen LogP contribution in [-0.2, 0) is 11.3 Å². The quantitative estimate of drug-likeness (QED) is 0.679. The molecule has 0 aliphatic heterocycles. The summed E-state index contributed by atoms with van der Waals surface area (Å²) in [6.07, 6.45) is 2.92. The van der Waals surface area contributed by atoms with E-state index in [-0.39, 0.29) is 18.3 Å². The Labute approximate surface area is 115 Å². The van der Waals surface area contributed by atoms with Gasteiger partial charge in [-0.2, -0.15) is 4.68 Å². The third-order valence-electron chi connectivity index (χ3n) is 2.11. The summed E-state index contributed by atoms with van der Waals surface area (Å²) in [6.45, 7) is -0.119. The standard InChI is InChI=1S/C10H8BrN5O3/c11-7-1-2-8(12-5-7)13-10(17)6-15-4-3-9(14-15)16(18)19/h1-5H,6H2,(H,12,13,17). The smallest absolute Gasteiger partial charge is 0.358 e.